The number of anilines is 1. The first-order valence-electron chi connectivity index (χ1n) is 9.29. The Morgan fingerprint density at radius 1 is 1.03 bits per heavy atom. The van der Waals surface area contributed by atoms with Crippen molar-refractivity contribution in [1.29, 1.82) is 0 Å². The maximum atomic E-state index is 12.3. The van der Waals surface area contributed by atoms with Crippen molar-refractivity contribution in [2.45, 2.75) is 39.8 Å². The number of hydrogen-bond acceptors (Lipinski definition) is 5. The van der Waals surface area contributed by atoms with E-state index in [0.717, 1.165) is 5.56 Å². The van der Waals surface area contributed by atoms with Crippen molar-refractivity contribution in [2.75, 3.05) is 5.32 Å². The molecule has 0 unspecified atom stereocenters. The molecule has 2 aromatic carbocycles. The third kappa shape index (κ3) is 7.59. The fraction of sp³-hybridized carbons (Fsp3) is 0.261. The van der Waals surface area contributed by atoms with Gasteiger partial charge in [-0.2, -0.15) is 0 Å². The van der Waals surface area contributed by atoms with Crippen molar-refractivity contribution in [3.05, 3.63) is 65.2 Å². The van der Waals surface area contributed by atoms with Gasteiger partial charge in [0.25, 0.3) is 11.8 Å². The molecule has 8 nitrogen and oxygen atoms in total. The van der Waals surface area contributed by atoms with E-state index in [-0.39, 0.29) is 18.9 Å². The van der Waals surface area contributed by atoms with Crippen molar-refractivity contribution in [3.63, 3.8) is 0 Å². The van der Waals surface area contributed by atoms with E-state index in [4.69, 9.17) is 5.21 Å². The molecule has 3 amide bonds. The molecule has 0 spiro atoms. The van der Waals surface area contributed by atoms with Crippen LogP contribution in [0.4, 0.5) is 5.69 Å². The molecular weight excluding hydrogens is 398 g/mol. The van der Waals surface area contributed by atoms with Crippen LogP contribution in [0, 0.1) is 11.8 Å². The molecule has 0 saturated carbocycles. The number of aliphatic hydroxyl groups is 1. The molecule has 0 bridgehead atoms. The molecule has 5 N–H and O–H groups in total. The van der Waals surface area contributed by atoms with Gasteiger partial charge in [-0.1, -0.05) is 32.3 Å². The largest absolute Gasteiger partial charge is 0.391 e. The lowest BCUT2D eigenvalue weighted by molar-refractivity contribution is -0.133. The van der Waals surface area contributed by atoms with E-state index in [1.807, 2.05) is 6.07 Å². The summed E-state index contributed by atoms with van der Waals surface area (Å²) in [6, 6.07) is 12.2. The number of carbonyl (C=O) groups excluding carboxylic acids is 3. The van der Waals surface area contributed by atoms with Crippen molar-refractivity contribution in [1.82, 2.24) is 10.8 Å². The summed E-state index contributed by atoms with van der Waals surface area (Å²) in [6.07, 6.45) is -0.803. The zero-order chi connectivity index (χ0) is 22.1. The molecule has 0 heterocycles. The molecule has 0 aromatic heterocycles. The van der Waals surface area contributed by atoms with Crippen LogP contribution in [0.25, 0.3) is 0 Å². The molecular formula is C23H27N3O5. The SMILES string of the molecule is C.CCC(=O)Nc1cccc(C#Cc2ccc(C(=O)N[C@H](C(=O)NO)[C@@H](C)O)cc2)c1. The van der Waals surface area contributed by atoms with E-state index in [1.165, 1.54) is 24.5 Å². The Morgan fingerprint density at radius 2 is 1.68 bits per heavy atom. The second kappa shape index (κ2) is 12.1. The van der Waals surface area contributed by atoms with Crippen LogP contribution in [0.5, 0.6) is 0 Å². The van der Waals surface area contributed by atoms with E-state index in [9.17, 15) is 19.5 Å². The monoisotopic (exact) mass is 425 g/mol. The van der Waals surface area contributed by atoms with Crippen molar-refractivity contribution >= 4 is 23.4 Å². The Morgan fingerprint density at radius 3 is 2.26 bits per heavy atom. The predicted molar refractivity (Wildman–Crippen MR) is 117 cm³/mol. The zero-order valence-electron chi connectivity index (χ0n) is 16.6. The van der Waals surface area contributed by atoms with Gasteiger partial charge in [-0.15, -0.1) is 0 Å². The number of hydrogen-bond donors (Lipinski definition) is 5. The molecule has 2 aromatic rings. The van der Waals surface area contributed by atoms with Crippen LogP contribution >= 0.6 is 0 Å². The summed E-state index contributed by atoms with van der Waals surface area (Å²) < 4.78 is 0. The fourth-order valence-corrected chi connectivity index (χ4v) is 2.47. The van der Waals surface area contributed by atoms with Crippen LogP contribution in [0.3, 0.4) is 0 Å². The normalized spacial score (nSPS) is 11.6. The first-order valence-corrected chi connectivity index (χ1v) is 9.29. The third-order valence-electron chi connectivity index (χ3n) is 4.13. The molecule has 0 aliphatic carbocycles. The first kappa shape index (κ1) is 25.4. The lowest BCUT2D eigenvalue weighted by Gasteiger charge is -2.19. The summed E-state index contributed by atoms with van der Waals surface area (Å²) in [5, 5.41) is 23.4. The number of nitrogens with one attached hydrogen (secondary N) is 3. The number of amides is 3. The third-order valence-corrected chi connectivity index (χ3v) is 4.13. The molecule has 0 fully saturated rings. The summed E-state index contributed by atoms with van der Waals surface area (Å²) in [5.74, 6) is 4.39. The molecule has 0 radical (unpaired) electrons. The van der Waals surface area contributed by atoms with Gasteiger partial charge in [-0.3, -0.25) is 19.6 Å². The fourth-order valence-electron chi connectivity index (χ4n) is 2.47. The molecule has 0 aliphatic heterocycles. The van der Waals surface area contributed by atoms with Gasteiger partial charge in [0, 0.05) is 28.8 Å². The number of rotatable bonds is 6. The predicted octanol–water partition coefficient (Wildman–Crippen LogP) is 2.06. The average Bonchev–Trinajstić information content (AvgIpc) is 2.75. The quantitative estimate of drug-likeness (QED) is 0.275. The van der Waals surface area contributed by atoms with E-state index >= 15 is 0 Å². The number of aliphatic hydroxyl groups excluding tert-OH is 1. The number of benzene rings is 2. The molecule has 2 rings (SSSR count). The highest BCUT2D eigenvalue weighted by atomic mass is 16.5. The van der Waals surface area contributed by atoms with Crippen molar-refractivity contribution < 1.29 is 24.7 Å². The molecule has 8 heteroatoms. The Hall–Kier alpha value is -3.67. The highest BCUT2D eigenvalue weighted by Crippen LogP contribution is 2.11. The van der Waals surface area contributed by atoms with Crippen LogP contribution in [0.2, 0.25) is 0 Å². The first-order chi connectivity index (χ1) is 14.3. The average molecular weight is 425 g/mol. The van der Waals surface area contributed by atoms with Gasteiger partial charge in [-0.25, -0.2) is 5.48 Å². The van der Waals surface area contributed by atoms with Crippen LogP contribution in [-0.2, 0) is 9.59 Å². The Bertz CT molecular complexity index is 975. The van der Waals surface area contributed by atoms with Crippen LogP contribution in [0.1, 0.15) is 49.2 Å². The van der Waals surface area contributed by atoms with Gasteiger partial charge >= 0.3 is 0 Å². The van der Waals surface area contributed by atoms with E-state index in [0.29, 0.717) is 17.7 Å². The summed E-state index contributed by atoms with van der Waals surface area (Å²) in [7, 11) is 0. The van der Waals surface area contributed by atoms with Crippen molar-refractivity contribution in [2.24, 2.45) is 0 Å². The lowest BCUT2D eigenvalue weighted by Crippen LogP contribution is -2.51. The number of hydroxylamine groups is 1. The molecule has 0 saturated heterocycles. The van der Waals surface area contributed by atoms with Gasteiger partial charge in [0.1, 0.15) is 6.04 Å². The maximum Gasteiger partial charge on any atom is 0.268 e. The Balaban J connectivity index is 0.00000480. The minimum Gasteiger partial charge on any atom is -0.391 e. The second-order valence-corrected chi connectivity index (χ2v) is 6.48. The summed E-state index contributed by atoms with van der Waals surface area (Å²) in [5.41, 5.74) is 3.72. The maximum absolute atomic E-state index is 12.3. The van der Waals surface area contributed by atoms with Crippen molar-refractivity contribution in [3.8, 4) is 11.8 Å². The molecule has 164 valence electrons. The van der Waals surface area contributed by atoms with Gasteiger partial charge < -0.3 is 15.7 Å². The topological polar surface area (TPSA) is 128 Å². The smallest absolute Gasteiger partial charge is 0.268 e. The summed E-state index contributed by atoms with van der Waals surface area (Å²) in [6.45, 7) is 3.09. The van der Waals surface area contributed by atoms with E-state index in [1.54, 1.807) is 37.3 Å². The van der Waals surface area contributed by atoms with Crippen LogP contribution in [-0.4, -0.2) is 40.2 Å². The summed E-state index contributed by atoms with van der Waals surface area (Å²) >= 11 is 0. The molecule has 2 atom stereocenters. The van der Waals surface area contributed by atoms with Gasteiger partial charge in [0.05, 0.1) is 6.10 Å². The standard InChI is InChI=1S/C22H23N3O5.CH4/c1-3-19(27)23-18-6-4-5-16(13-18)8-7-15-9-11-17(12-10-15)21(28)24-20(14(2)26)22(29)25-30;/h4-6,9-14,20,26,30H,3H2,1-2H3,(H,23,27)(H,24,28)(H,25,29);1H4/t14-,20+;/m1./s1. The van der Waals surface area contributed by atoms with E-state index in [2.05, 4.69) is 22.5 Å². The minimum absolute atomic E-state index is 0. The van der Waals surface area contributed by atoms with Crippen LogP contribution < -0.4 is 16.1 Å². The molecule has 31 heavy (non-hydrogen) atoms. The zero-order valence-corrected chi connectivity index (χ0v) is 16.6. The Labute approximate surface area is 181 Å². The Kier molecular flexibility index (Phi) is 9.92. The van der Waals surface area contributed by atoms with E-state index < -0.39 is 24.0 Å². The molecule has 0 aliphatic rings. The van der Waals surface area contributed by atoms with Gasteiger partial charge in [-0.05, 0) is 49.4 Å². The van der Waals surface area contributed by atoms with Gasteiger partial charge in [0.2, 0.25) is 5.91 Å². The lowest BCUT2D eigenvalue weighted by atomic mass is 10.1. The number of carbonyl (C=O) groups is 3. The minimum atomic E-state index is -1.29. The van der Waals surface area contributed by atoms with Gasteiger partial charge in [0.15, 0.2) is 0 Å². The highest BCUT2D eigenvalue weighted by molar-refractivity contribution is 5.97. The summed E-state index contributed by atoms with van der Waals surface area (Å²) in [4.78, 5) is 35.3. The second-order valence-electron chi connectivity index (χ2n) is 6.48. The highest BCUT2D eigenvalue weighted by Gasteiger charge is 2.25. The van der Waals surface area contributed by atoms with Crippen LogP contribution in [0.15, 0.2) is 48.5 Å².